The number of carbonyl (C=O) groups excluding carboxylic acids is 2. The van der Waals surface area contributed by atoms with Gasteiger partial charge in [0.1, 0.15) is 17.2 Å². The first-order valence-electron chi connectivity index (χ1n) is 13.6. The van der Waals surface area contributed by atoms with Crippen LogP contribution in [-0.4, -0.2) is 95.1 Å². The van der Waals surface area contributed by atoms with Crippen LogP contribution in [0.4, 0.5) is 0 Å². The van der Waals surface area contributed by atoms with Gasteiger partial charge in [0.05, 0.1) is 24.3 Å². The van der Waals surface area contributed by atoms with E-state index in [1.165, 1.54) is 22.3 Å². The van der Waals surface area contributed by atoms with E-state index >= 15 is 0 Å². The second-order valence-corrected chi connectivity index (χ2v) is 11.6. The molecule has 2 aliphatic rings. The van der Waals surface area contributed by atoms with E-state index in [-0.39, 0.29) is 22.6 Å². The molecule has 212 valence electrons. The van der Waals surface area contributed by atoms with Gasteiger partial charge < -0.3 is 34.5 Å². The molecule has 0 radical (unpaired) electrons. The van der Waals surface area contributed by atoms with Crippen molar-refractivity contribution in [2.75, 3.05) is 53.4 Å². The summed E-state index contributed by atoms with van der Waals surface area (Å²) in [6, 6.07) is 12.1. The van der Waals surface area contributed by atoms with Crippen LogP contribution >= 0.6 is 11.3 Å². The predicted molar refractivity (Wildman–Crippen MR) is 154 cm³/mol. The van der Waals surface area contributed by atoms with Crippen LogP contribution in [0.5, 0.6) is 17.2 Å². The van der Waals surface area contributed by atoms with Crippen LogP contribution in [0, 0.1) is 0 Å². The number of fused-ring (bicyclic) bond motifs is 1. The van der Waals surface area contributed by atoms with Crippen LogP contribution in [-0.2, 0) is 19.6 Å². The molecule has 0 saturated carbocycles. The second-order valence-electron chi connectivity index (χ2n) is 10.6. The smallest absolute Gasteiger partial charge is 0.258 e. The molecule has 3 aromatic rings. The van der Waals surface area contributed by atoms with Gasteiger partial charge in [-0.15, -0.1) is 11.3 Å². The highest BCUT2D eigenvalue weighted by atomic mass is 32.1. The minimum atomic E-state index is -0.431. The summed E-state index contributed by atoms with van der Waals surface area (Å²) in [6.07, 6.45) is 0.953. The maximum absolute atomic E-state index is 13.4. The molecule has 2 aliphatic heterocycles. The third-order valence-corrected chi connectivity index (χ3v) is 8.43. The summed E-state index contributed by atoms with van der Waals surface area (Å²) in [7, 11) is 3.79. The minimum Gasteiger partial charge on any atom is -0.507 e. The molecule has 2 amide bonds. The van der Waals surface area contributed by atoms with E-state index in [4.69, 9.17) is 4.74 Å². The Bertz CT molecular complexity index is 1350. The van der Waals surface area contributed by atoms with E-state index in [1.807, 2.05) is 35.7 Å². The molecule has 40 heavy (non-hydrogen) atoms. The average Bonchev–Trinajstić information content (AvgIpc) is 3.61. The number of likely N-dealkylation sites (N-methyl/N-ethyl adjacent to an activating group) is 1. The van der Waals surface area contributed by atoms with Gasteiger partial charge in [0, 0.05) is 63.8 Å². The number of aromatic hydroxyl groups is 2. The summed E-state index contributed by atoms with van der Waals surface area (Å²) in [4.78, 5) is 35.4. The highest BCUT2D eigenvalue weighted by Crippen LogP contribution is 2.33. The number of hydrogen-bond donors (Lipinski definition) is 2. The summed E-state index contributed by atoms with van der Waals surface area (Å²) >= 11 is 1.53. The Hall–Kier alpha value is -3.60. The van der Waals surface area contributed by atoms with E-state index in [1.54, 1.807) is 11.9 Å². The number of amides is 2. The molecule has 5 rings (SSSR count). The lowest BCUT2D eigenvalue weighted by molar-refractivity contribution is 0.0748. The van der Waals surface area contributed by atoms with Crippen LogP contribution in [0.1, 0.15) is 43.1 Å². The molecule has 0 spiro atoms. The van der Waals surface area contributed by atoms with E-state index in [0.29, 0.717) is 26.2 Å². The first-order valence-corrected chi connectivity index (χ1v) is 14.4. The Morgan fingerprint density at radius 2 is 1.73 bits per heavy atom. The highest BCUT2D eigenvalue weighted by Gasteiger charge is 2.29. The van der Waals surface area contributed by atoms with Gasteiger partial charge in [0.2, 0.25) is 0 Å². The molecule has 1 aromatic heterocycles. The van der Waals surface area contributed by atoms with Crippen molar-refractivity contribution >= 4 is 23.2 Å². The van der Waals surface area contributed by atoms with Crippen molar-refractivity contribution in [1.82, 2.24) is 19.6 Å². The lowest BCUT2D eigenvalue weighted by Gasteiger charge is -2.32. The number of hydrogen-bond acceptors (Lipinski definition) is 8. The Morgan fingerprint density at radius 3 is 2.48 bits per heavy atom. The van der Waals surface area contributed by atoms with Gasteiger partial charge in [-0.2, -0.15) is 0 Å². The van der Waals surface area contributed by atoms with Crippen LogP contribution in [0.25, 0.3) is 0 Å². The molecule has 0 unspecified atom stereocenters. The lowest BCUT2D eigenvalue weighted by atomic mass is 10.1. The van der Waals surface area contributed by atoms with Gasteiger partial charge >= 0.3 is 0 Å². The zero-order valence-corrected chi connectivity index (χ0v) is 23.8. The molecular weight excluding hydrogens is 528 g/mol. The van der Waals surface area contributed by atoms with Crippen LogP contribution in [0.2, 0.25) is 0 Å². The summed E-state index contributed by atoms with van der Waals surface area (Å²) in [5.41, 5.74) is 1.97. The van der Waals surface area contributed by atoms with E-state index in [0.717, 1.165) is 67.0 Å². The zero-order chi connectivity index (χ0) is 28.2. The molecular formula is C30H36N4O5S. The van der Waals surface area contributed by atoms with Crippen molar-refractivity contribution in [3.8, 4) is 17.2 Å². The Morgan fingerprint density at radius 1 is 0.975 bits per heavy atom. The number of ether oxygens (including phenoxy) is 1. The summed E-state index contributed by atoms with van der Waals surface area (Å²) in [5.74, 6) is -0.783. The standard InChI is InChI=1S/C30H36N4O5S/c1-31-9-11-33(12-10-31)8-4-13-39-23-7-6-21-18-34(19-22(21)15-23)30(38)26-16-25(27(35)17-28(26)36)29(37)32(2)20-24-5-3-14-40-24/h3,5-7,14-17,35-36H,4,8-13,18-20H2,1-2H3. The quantitative estimate of drug-likeness (QED) is 0.384. The van der Waals surface area contributed by atoms with Crippen molar-refractivity contribution in [2.24, 2.45) is 0 Å². The van der Waals surface area contributed by atoms with Gasteiger partial charge in [-0.1, -0.05) is 12.1 Å². The van der Waals surface area contributed by atoms with Crippen molar-refractivity contribution < 1.29 is 24.5 Å². The van der Waals surface area contributed by atoms with Crippen LogP contribution < -0.4 is 4.74 Å². The number of rotatable bonds is 9. The fourth-order valence-corrected chi connectivity index (χ4v) is 5.92. The van der Waals surface area contributed by atoms with E-state index < -0.39 is 11.8 Å². The Balaban J connectivity index is 1.19. The molecule has 0 bridgehead atoms. The van der Waals surface area contributed by atoms with Crippen LogP contribution in [0.3, 0.4) is 0 Å². The van der Waals surface area contributed by atoms with Crippen molar-refractivity contribution in [2.45, 2.75) is 26.1 Å². The molecule has 0 atom stereocenters. The number of piperazine rings is 1. The first-order chi connectivity index (χ1) is 19.3. The van der Waals surface area contributed by atoms with Crippen molar-refractivity contribution in [1.29, 1.82) is 0 Å². The molecule has 1 fully saturated rings. The monoisotopic (exact) mass is 564 g/mol. The summed E-state index contributed by atoms with van der Waals surface area (Å²) in [6.45, 7) is 7.18. The molecule has 0 aliphatic carbocycles. The fourth-order valence-electron chi connectivity index (χ4n) is 5.16. The number of carbonyl (C=O) groups is 2. The molecule has 2 aromatic carbocycles. The van der Waals surface area contributed by atoms with Gasteiger partial charge in [0.15, 0.2) is 0 Å². The Labute approximate surface area is 238 Å². The number of thiophene rings is 1. The molecule has 10 heteroatoms. The van der Waals surface area contributed by atoms with Gasteiger partial charge in [-0.3, -0.25) is 9.59 Å². The summed E-state index contributed by atoms with van der Waals surface area (Å²) in [5, 5.41) is 22.8. The highest BCUT2D eigenvalue weighted by molar-refractivity contribution is 7.09. The summed E-state index contributed by atoms with van der Waals surface area (Å²) < 4.78 is 6.01. The maximum atomic E-state index is 13.4. The molecule has 1 saturated heterocycles. The van der Waals surface area contributed by atoms with Gasteiger partial charge in [-0.25, -0.2) is 0 Å². The second kappa shape index (κ2) is 12.3. The largest absolute Gasteiger partial charge is 0.507 e. The number of nitrogens with zero attached hydrogens (tertiary/aromatic N) is 4. The van der Waals surface area contributed by atoms with E-state index in [2.05, 4.69) is 16.8 Å². The fraction of sp³-hybridized carbons (Fsp3) is 0.400. The van der Waals surface area contributed by atoms with Crippen LogP contribution in [0.15, 0.2) is 47.8 Å². The SMILES string of the molecule is CN1CCN(CCCOc2ccc3c(c2)CN(C(=O)c2cc(C(=O)N(C)Cc4cccs4)c(O)cc2O)C3)CC1. The first kappa shape index (κ1) is 27.9. The number of phenolic OH excluding ortho intramolecular Hbond substituents is 2. The minimum absolute atomic E-state index is 0.0149. The lowest BCUT2D eigenvalue weighted by Crippen LogP contribution is -2.44. The van der Waals surface area contributed by atoms with Crippen molar-refractivity contribution in [3.05, 3.63) is 75.0 Å². The van der Waals surface area contributed by atoms with Gasteiger partial charge in [0.25, 0.3) is 11.8 Å². The third-order valence-electron chi connectivity index (χ3n) is 7.57. The average molecular weight is 565 g/mol. The van der Waals surface area contributed by atoms with E-state index in [9.17, 15) is 19.8 Å². The molecule has 9 nitrogen and oxygen atoms in total. The molecule has 2 N–H and O–H groups in total. The third kappa shape index (κ3) is 6.41. The predicted octanol–water partition coefficient (Wildman–Crippen LogP) is 3.60. The number of phenols is 2. The number of benzene rings is 2. The normalized spacial score (nSPS) is 15.7. The zero-order valence-electron chi connectivity index (χ0n) is 23.0. The molecule has 3 heterocycles. The van der Waals surface area contributed by atoms with Gasteiger partial charge in [-0.05, 0) is 54.2 Å². The Kier molecular flexibility index (Phi) is 8.58. The topological polar surface area (TPSA) is 96.8 Å². The maximum Gasteiger partial charge on any atom is 0.258 e. The van der Waals surface area contributed by atoms with Crippen molar-refractivity contribution in [3.63, 3.8) is 0 Å².